The first-order valence-electron chi connectivity index (χ1n) is 11.5. The second-order valence-electron chi connectivity index (χ2n) is 8.11. The fourth-order valence-corrected chi connectivity index (χ4v) is 4.53. The largest absolute Gasteiger partial charge is 0.419 e. The van der Waals surface area contributed by atoms with Crippen LogP contribution in [0.1, 0.15) is 25.0 Å². The van der Waals surface area contributed by atoms with Crippen molar-refractivity contribution in [2.45, 2.75) is 24.5 Å². The maximum absolute atomic E-state index is 13.5. The van der Waals surface area contributed by atoms with Crippen molar-refractivity contribution in [3.05, 3.63) is 53.7 Å². The zero-order valence-corrected chi connectivity index (χ0v) is 21.8. The molecular weight excluding hydrogens is 570 g/mol. The molecule has 0 bridgehead atoms. The number of piperazine rings is 1. The SMILES string of the molecule is CCN(CC)c1nc(-c2cccc(CI)c2)nc(N2CCN(c3ncccc3C(F)(F)F)CC2)n1. The smallest absolute Gasteiger partial charge is 0.353 e. The first-order valence-corrected chi connectivity index (χ1v) is 13.0. The van der Waals surface area contributed by atoms with Gasteiger partial charge in [-0.25, -0.2) is 4.98 Å². The van der Waals surface area contributed by atoms with Crippen molar-refractivity contribution in [1.29, 1.82) is 0 Å². The van der Waals surface area contributed by atoms with Gasteiger partial charge in [-0.15, -0.1) is 0 Å². The Hall–Kier alpha value is -2.70. The van der Waals surface area contributed by atoms with Gasteiger partial charge in [0, 0.05) is 55.5 Å². The van der Waals surface area contributed by atoms with Gasteiger partial charge in [0.25, 0.3) is 0 Å². The highest BCUT2D eigenvalue weighted by Crippen LogP contribution is 2.35. The lowest BCUT2D eigenvalue weighted by molar-refractivity contribution is -0.137. The summed E-state index contributed by atoms with van der Waals surface area (Å²) in [5.41, 5.74) is 1.38. The molecule has 3 aromatic rings. The Bertz CT molecular complexity index is 1150. The molecule has 0 radical (unpaired) electrons. The second kappa shape index (κ2) is 10.9. The molecule has 3 heterocycles. The number of anilines is 3. The normalized spacial score (nSPS) is 14.3. The van der Waals surface area contributed by atoms with E-state index in [2.05, 4.69) is 44.6 Å². The van der Waals surface area contributed by atoms with E-state index in [4.69, 9.17) is 15.0 Å². The number of alkyl halides is 4. The van der Waals surface area contributed by atoms with Gasteiger partial charge in [-0.1, -0.05) is 40.8 Å². The van der Waals surface area contributed by atoms with Crippen LogP contribution in [0.3, 0.4) is 0 Å². The monoisotopic (exact) mass is 597 g/mol. The molecule has 4 rings (SSSR count). The Balaban J connectivity index is 1.62. The number of halogens is 4. The van der Waals surface area contributed by atoms with Crippen molar-refractivity contribution >= 4 is 40.3 Å². The van der Waals surface area contributed by atoms with E-state index >= 15 is 0 Å². The summed E-state index contributed by atoms with van der Waals surface area (Å²) in [7, 11) is 0. The van der Waals surface area contributed by atoms with Gasteiger partial charge in [0.05, 0.1) is 5.56 Å². The van der Waals surface area contributed by atoms with Crippen LogP contribution in [0.5, 0.6) is 0 Å². The summed E-state index contributed by atoms with van der Waals surface area (Å²) in [6, 6.07) is 10.5. The molecule has 1 aliphatic heterocycles. The number of nitrogens with zero attached hydrogens (tertiary/aromatic N) is 7. The topological polar surface area (TPSA) is 61.3 Å². The molecule has 1 fully saturated rings. The van der Waals surface area contributed by atoms with Crippen LogP contribution >= 0.6 is 22.6 Å². The third kappa shape index (κ3) is 5.76. The maximum atomic E-state index is 13.5. The minimum atomic E-state index is -4.45. The minimum Gasteiger partial charge on any atom is -0.353 e. The van der Waals surface area contributed by atoms with Crippen LogP contribution in [0.2, 0.25) is 0 Å². The molecule has 0 amide bonds. The molecule has 186 valence electrons. The molecule has 11 heteroatoms. The summed E-state index contributed by atoms with van der Waals surface area (Å²) in [6.07, 6.45) is -3.05. The maximum Gasteiger partial charge on any atom is 0.419 e. The van der Waals surface area contributed by atoms with Crippen LogP contribution < -0.4 is 14.7 Å². The molecule has 1 saturated heterocycles. The molecule has 0 spiro atoms. The predicted octanol–water partition coefficient (Wildman–Crippen LogP) is 5.06. The Kier molecular flexibility index (Phi) is 7.92. The molecule has 0 aliphatic carbocycles. The Morgan fingerprint density at radius 3 is 2.31 bits per heavy atom. The summed E-state index contributed by atoms with van der Waals surface area (Å²) in [4.78, 5) is 24.0. The highest BCUT2D eigenvalue weighted by Gasteiger charge is 2.36. The highest BCUT2D eigenvalue weighted by atomic mass is 127. The van der Waals surface area contributed by atoms with E-state index in [1.807, 2.05) is 30.9 Å². The average molecular weight is 597 g/mol. The lowest BCUT2D eigenvalue weighted by Crippen LogP contribution is -2.48. The van der Waals surface area contributed by atoms with Gasteiger partial charge in [0.2, 0.25) is 11.9 Å². The van der Waals surface area contributed by atoms with Crippen molar-refractivity contribution in [2.75, 3.05) is 54.0 Å². The standard InChI is InChI=1S/C24H27F3IN7/c1-3-33(4-2)22-30-20(18-8-5-7-17(15-18)16-28)31-23(32-22)35-13-11-34(12-14-35)21-19(24(25,26)27)9-6-10-29-21/h5-10,15H,3-4,11-14,16H2,1-2H3. The van der Waals surface area contributed by atoms with Crippen LogP contribution in [0.15, 0.2) is 42.6 Å². The molecular formula is C24H27F3IN7. The van der Waals surface area contributed by atoms with Crippen LogP contribution in [-0.4, -0.2) is 59.2 Å². The highest BCUT2D eigenvalue weighted by molar-refractivity contribution is 14.1. The summed E-state index contributed by atoms with van der Waals surface area (Å²) < 4.78 is 41.3. The Morgan fingerprint density at radius 1 is 0.943 bits per heavy atom. The molecule has 0 atom stereocenters. The predicted molar refractivity (Wildman–Crippen MR) is 140 cm³/mol. The van der Waals surface area contributed by atoms with Crippen molar-refractivity contribution in [3.8, 4) is 11.4 Å². The number of aromatic nitrogens is 4. The van der Waals surface area contributed by atoms with Gasteiger partial charge in [0.1, 0.15) is 5.82 Å². The average Bonchev–Trinajstić information content (AvgIpc) is 2.89. The third-order valence-electron chi connectivity index (χ3n) is 5.95. The number of benzene rings is 1. The van der Waals surface area contributed by atoms with Gasteiger partial charge in [-0.05, 0) is 37.6 Å². The van der Waals surface area contributed by atoms with E-state index in [0.717, 1.165) is 29.1 Å². The molecule has 35 heavy (non-hydrogen) atoms. The zero-order valence-electron chi connectivity index (χ0n) is 19.6. The van der Waals surface area contributed by atoms with Crippen molar-refractivity contribution < 1.29 is 13.2 Å². The number of pyridine rings is 1. The van der Waals surface area contributed by atoms with Gasteiger partial charge in [0.15, 0.2) is 5.82 Å². The van der Waals surface area contributed by atoms with Crippen LogP contribution in [0.25, 0.3) is 11.4 Å². The molecule has 1 aliphatic rings. The Morgan fingerprint density at radius 2 is 1.66 bits per heavy atom. The first-order chi connectivity index (χ1) is 16.8. The van der Waals surface area contributed by atoms with E-state index in [1.54, 1.807) is 4.90 Å². The van der Waals surface area contributed by atoms with E-state index in [-0.39, 0.29) is 5.82 Å². The quantitative estimate of drug-likeness (QED) is 0.279. The molecule has 0 unspecified atom stereocenters. The summed E-state index contributed by atoms with van der Waals surface area (Å²) in [5, 5.41) is 0. The number of hydrogen-bond acceptors (Lipinski definition) is 7. The van der Waals surface area contributed by atoms with Crippen molar-refractivity contribution in [3.63, 3.8) is 0 Å². The second-order valence-corrected chi connectivity index (χ2v) is 8.87. The van der Waals surface area contributed by atoms with Crippen LogP contribution in [0.4, 0.5) is 30.9 Å². The van der Waals surface area contributed by atoms with Crippen molar-refractivity contribution in [1.82, 2.24) is 19.9 Å². The number of hydrogen-bond donors (Lipinski definition) is 0. The third-order valence-corrected chi connectivity index (χ3v) is 6.83. The van der Waals surface area contributed by atoms with E-state index in [0.29, 0.717) is 43.9 Å². The molecule has 7 nitrogen and oxygen atoms in total. The molecule has 1 aromatic carbocycles. The van der Waals surface area contributed by atoms with E-state index in [9.17, 15) is 13.2 Å². The zero-order chi connectivity index (χ0) is 25.0. The van der Waals surface area contributed by atoms with E-state index < -0.39 is 11.7 Å². The van der Waals surface area contributed by atoms with Gasteiger partial charge in [-0.3, -0.25) is 0 Å². The van der Waals surface area contributed by atoms with Crippen LogP contribution in [-0.2, 0) is 10.6 Å². The van der Waals surface area contributed by atoms with Gasteiger partial charge >= 0.3 is 6.18 Å². The Labute approximate surface area is 216 Å². The fourth-order valence-electron chi connectivity index (χ4n) is 4.05. The molecule has 2 aromatic heterocycles. The molecule has 0 N–H and O–H groups in total. The first kappa shape index (κ1) is 25.4. The summed E-state index contributed by atoms with van der Waals surface area (Å²) >= 11 is 2.32. The lowest BCUT2D eigenvalue weighted by Gasteiger charge is -2.36. The van der Waals surface area contributed by atoms with Gasteiger partial charge < -0.3 is 14.7 Å². The van der Waals surface area contributed by atoms with E-state index in [1.165, 1.54) is 17.8 Å². The summed E-state index contributed by atoms with van der Waals surface area (Å²) in [6.45, 7) is 7.31. The number of rotatable bonds is 7. The minimum absolute atomic E-state index is 0.0320. The molecule has 0 saturated carbocycles. The van der Waals surface area contributed by atoms with Crippen LogP contribution in [0, 0.1) is 0 Å². The fraction of sp³-hybridized carbons (Fsp3) is 0.417. The lowest BCUT2D eigenvalue weighted by atomic mass is 10.1. The van der Waals surface area contributed by atoms with Crippen molar-refractivity contribution in [2.24, 2.45) is 0 Å². The summed E-state index contributed by atoms with van der Waals surface area (Å²) in [5.74, 6) is 1.69. The van der Waals surface area contributed by atoms with Gasteiger partial charge in [-0.2, -0.15) is 28.1 Å².